The molecule has 0 amide bonds. The zero-order valence-corrected chi connectivity index (χ0v) is 20.2. The largest absolute Gasteiger partial charge is 0.507 e. The number of aryl methyl sites for hydroxylation is 1. The van der Waals surface area contributed by atoms with Crippen LogP contribution in [0, 0.1) is 0 Å². The average molecular weight is 505 g/mol. The molecule has 0 saturated heterocycles. The zero-order valence-electron chi connectivity index (χ0n) is 17.8. The maximum Gasteiger partial charge on any atom is 0.271 e. The second-order valence-corrected chi connectivity index (χ2v) is 10.2. The number of nitrogens with zero attached hydrogens (tertiary/aromatic N) is 2. The van der Waals surface area contributed by atoms with Crippen LogP contribution < -0.4 is 14.9 Å². The fourth-order valence-electron chi connectivity index (χ4n) is 4.77. The summed E-state index contributed by atoms with van der Waals surface area (Å²) in [6.45, 7) is 0. The van der Waals surface area contributed by atoms with Gasteiger partial charge in [0.1, 0.15) is 5.75 Å². The lowest BCUT2D eigenvalue weighted by atomic mass is 9.83. The smallest absolute Gasteiger partial charge is 0.271 e. The quantitative estimate of drug-likeness (QED) is 0.401. The topological polar surface area (TPSA) is 54.6 Å². The van der Waals surface area contributed by atoms with Crippen LogP contribution in [0.5, 0.6) is 5.75 Å². The van der Waals surface area contributed by atoms with Gasteiger partial charge in [0, 0.05) is 21.2 Å². The first-order chi connectivity index (χ1) is 16.5. The molecule has 0 spiro atoms. The molecule has 0 saturated carbocycles. The maximum atomic E-state index is 13.7. The number of hydrogen-bond acceptors (Lipinski definition) is 4. The van der Waals surface area contributed by atoms with Crippen molar-refractivity contribution >= 4 is 46.3 Å². The van der Waals surface area contributed by atoms with Gasteiger partial charge in [0.25, 0.3) is 5.56 Å². The molecule has 4 aromatic rings. The van der Waals surface area contributed by atoms with Crippen molar-refractivity contribution in [2.75, 3.05) is 0 Å². The second kappa shape index (κ2) is 8.27. The van der Waals surface area contributed by atoms with Gasteiger partial charge in [-0.2, -0.15) is 0 Å². The number of aromatic nitrogens is 1. The molecule has 34 heavy (non-hydrogen) atoms. The van der Waals surface area contributed by atoms with Gasteiger partial charge in [0.05, 0.1) is 16.3 Å². The Balaban J connectivity index is 1.66. The zero-order chi connectivity index (χ0) is 23.4. The number of fused-ring (bicyclic) bond motifs is 3. The van der Waals surface area contributed by atoms with E-state index >= 15 is 0 Å². The number of phenols is 1. The molecular formula is C27H18Cl2N2O2S. The van der Waals surface area contributed by atoms with Gasteiger partial charge in [-0.05, 0) is 53.8 Å². The van der Waals surface area contributed by atoms with Crippen LogP contribution in [-0.4, -0.2) is 9.67 Å². The molecule has 1 aliphatic heterocycles. The molecule has 7 heteroatoms. The van der Waals surface area contributed by atoms with Crippen LogP contribution in [0.2, 0.25) is 10.0 Å². The van der Waals surface area contributed by atoms with Crippen molar-refractivity contribution in [2.24, 2.45) is 4.99 Å². The number of allylic oxidation sites excluding steroid dienone is 1. The molecule has 1 aromatic heterocycles. The highest BCUT2D eigenvalue weighted by Gasteiger charge is 2.33. The van der Waals surface area contributed by atoms with Gasteiger partial charge >= 0.3 is 0 Å². The standard InChI is InChI=1S/C27H18Cl2N2O2S/c28-17-10-12-19(21(29)14-17)25-20-11-9-15-5-1-3-7-18(15)24(20)30-27-31(25)26(33)23(34-27)13-16-6-2-4-8-22(16)32/h1-8,10,12-14,25,32H,9,11H2. The number of rotatable bonds is 2. The number of aromatic hydroxyl groups is 1. The highest BCUT2D eigenvalue weighted by atomic mass is 35.5. The molecule has 1 N–H and O–H groups in total. The third-order valence-corrected chi connectivity index (χ3v) is 7.90. The number of hydrogen-bond donors (Lipinski definition) is 1. The SMILES string of the molecule is O=c1c(=Cc2ccccc2O)sc2n1C(c1ccc(Cl)cc1Cl)C1=C(N=2)c2ccccc2CC1. The van der Waals surface area contributed by atoms with E-state index < -0.39 is 0 Å². The molecule has 2 aliphatic rings. The van der Waals surface area contributed by atoms with Crippen LogP contribution in [0.25, 0.3) is 11.8 Å². The van der Waals surface area contributed by atoms with Crippen molar-refractivity contribution < 1.29 is 5.11 Å². The number of phenolic OH excluding ortho intramolecular Hbond substituents is 1. The molecule has 1 unspecified atom stereocenters. The first-order valence-electron chi connectivity index (χ1n) is 10.9. The fourth-order valence-corrected chi connectivity index (χ4v) is 6.28. The van der Waals surface area contributed by atoms with Gasteiger partial charge in [0.2, 0.25) is 0 Å². The van der Waals surface area contributed by atoms with Crippen molar-refractivity contribution in [3.63, 3.8) is 0 Å². The van der Waals surface area contributed by atoms with Crippen LogP contribution in [0.3, 0.4) is 0 Å². The molecular weight excluding hydrogens is 487 g/mol. The van der Waals surface area contributed by atoms with E-state index in [-0.39, 0.29) is 17.4 Å². The lowest BCUT2D eigenvalue weighted by Gasteiger charge is -2.31. The third kappa shape index (κ3) is 3.43. The minimum Gasteiger partial charge on any atom is -0.507 e. The predicted molar refractivity (Wildman–Crippen MR) is 137 cm³/mol. The maximum absolute atomic E-state index is 13.7. The summed E-state index contributed by atoms with van der Waals surface area (Å²) < 4.78 is 2.24. The predicted octanol–water partition coefficient (Wildman–Crippen LogP) is 5.33. The Hall–Kier alpha value is -3.12. The monoisotopic (exact) mass is 504 g/mol. The summed E-state index contributed by atoms with van der Waals surface area (Å²) in [7, 11) is 0. The molecule has 0 bridgehead atoms. The summed E-state index contributed by atoms with van der Waals surface area (Å²) in [6.07, 6.45) is 3.37. The first-order valence-corrected chi connectivity index (χ1v) is 12.4. The molecule has 1 atom stereocenters. The van der Waals surface area contributed by atoms with E-state index in [2.05, 4.69) is 12.1 Å². The normalized spacial score (nSPS) is 17.1. The van der Waals surface area contributed by atoms with E-state index in [1.165, 1.54) is 16.9 Å². The molecule has 3 aromatic carbocycles. The summed E-state index contributed by atoms with van der Waals surface area (Å²) in [5.41, 5.74) is 5.58. The Labute approximate surface area is 209 Å². The average Bonchev–Trinajstić information content (AvgIpc) is 3.14. The lowest BCUT2D eigenvalue weighted by molar-refractivity contribution is 0.474. The van der Waals surface area contributed by atoms with Crippen LogP contribution in [-0.2, 0) is 6.42 Å². The van der Waals surface area contributed by atoms with Crippen LogP contribution >= 0.6 is 34.5 Å². The highest BCUT2D eigenvalue weighted by Crippen LogP contribution is 2.43. The van der Waals surface area contributed by atoms with Crippen molar-refractivity contribution in [3.8, 4) is 5.75 Å². The van der Waals surface area contributed by atoms with E-state index in [4.69, 9.17) is 28.2 Å². The van der Waals surface area contributed by atoms with Gasteiger partial charge in [-0.15, -0.1) is 0 Å². The van der Waals surface area contributed by atoms with Crippen molar-refractivity contribution in [2.45, 2.75) is 18.9 Å². The molecule has 6 rings (SSSR count). The number of thiazole rings is 1. The Bertz CT molecular complexity index is 1680. The third-order valence-electron chi connectivity index (χ3n) is 6.35. The van der Waals surface area contributed by atoms with Gasteiger partial charge in [-0.3, -0.25) is 9.36 Å². The molecule has 1 aliphatic carbocycles. The summed E-state index contributed by atoms with van der Waals surface area (Å²) in [4.78, 5) is 19.3. The van der Waals surface area contributed by atoms with E-state index in [1.54, 1.807) is 41.0 Å². The van der Waals surface area contributed by atoms with E-state index in [1.807, 2.05) is 24.3 Å². The summed E-state index contributed by atoms with van der Waals surface area (Å²) in [5.74, 6) is 0.124. The Kier molecular flexibility index (Phi) is 5.21. The number of para-hydroxylation sites is 1. The minimum absolute atomic E-state index is 0.124. The summed E-state index contributed by atoms with van der Waals surface area (Å²) in [6, 6.07) is 20.3. The van der Waals surface area contributed by atoms with Crippen molar-refractivity contribution in [1.82, 2.24) is 4.57 Å². The fraction of sp³-hybridized carbons (Fsp3) is 0.111. The Morgan fingerprint density at radius 3 is 2.65 bits per heavy atom. The second-order valence-electron chi connectivity index (χ2n) is 8.34. The van der Waals surface area contributed by atoms with Crippen LogP contribution in [0.1, 0.15) is 34.7 Å². The number of halogens is 2. The van der Waals surface area contributed by atoms with E-state index in [9.17, 15) is 9.90 Å². The van der Waals surface area contributed by atoms with Crippen molar-refractivity contribution in [3.05, 3.63) is 124 Å². The Morgan fingerprint density at radius 2 is 1.82 bits per heavy atom. The summed E-state index contributed by atoms with van der Waals surface area (Å²) >= 11 is 14.2. The molecule has 2 heterocycles. The van der Waals surface area contributed by atoms with E-state index in [0.717, 1.165) is 35.2 Å². The molecule has 0 fully saturated rings. The minimum atomic E-state index is -0.379. The van der Waals surface area contributed by atoms with Crippen molar-refractivity contribution in [1.29, 1.82) is 0 Å². The Morgan fingerprint density at radius 1 is 1.03 bits per heavy atom. The summed E-state index contributed by atoms with van der Waals surface area (Å²) in [5, 5.41) is 11.3. The lowest BCUT2D eigenvalue weighted by Crippen LogP contribution is -2.38. The van der Waals surface area contributed by atoms with E-state index in [0.29, 0.717) is 24.9 Å². The molecule has 4 nitrogen and oxygen atoms in total. The number of benzene rings is 3. The van der Waals surface area contributed by atoms with Gasteiger partial charge < -0.3 is 5.11 Å². The molecule has 168 valence electrons. The van der Waals surface area contributed by atoms with Gasteiger partial charge in [0.15, 0.2) is 4.80 Å². The first kappa shape index (κ1) is 21.4. The van der Waals surface area contributed by atoms with Gasteiger partial charge in [-0.25, -0.2) is 4.99 Å². The van der Waals surface area contributed by atoms with Gasteiger partial charge in [-0.1, -0.05) is 83.1 Å². The highest BCUT2D eigenvalue weighted by molar-refractivity contribution is 7.07. The van der Waals surface area contributed by atoms with Crippen LogP contribution in [0.15, 0.2) is 82.1 Å². The van der Waals surface area contributed by atoms with Crippen LogP contribution in [0.4, 0.5) is 0 Å². The molecule has 0 radical (unpaired) electrons.